The van der Waals surface area contributed by atoms with E-state index in [1.807, 2.05) is 41.3 Å². The third-order valence-electron chi connectivity index (χ3n) is 3.57. The highest BCUT2D eigenvalue weighted by Crippen LogP contribution is 2.18. The van der Waals surface area contributed by atoms with Crippen LogP contribution in [0.15, 0.2) is 48.5 Å². The van der Waals surface area contributed by atoms with Crippen molar-refractivity contribution in [2.24, 2.45) is 0 Å². The molecule has 0 bridgehead atoms. The Balaban J connectivity index is 2.06. The third kappa shape index (κ3) is 4.91. The average Bonchev–Trinajstić information content (AvgIpc) is 2.60. The molecule has 2 aromatic carbocycles. The Labute approximate surface area is 140 Å². The van der Waals surface area contributed by atoms with Gasteiger partial charge in [-0.3, -0.25) is 10.1 Å². The highest BCUT2D eigenvalue weighted by Gasteiger charge is 2.05. The number of non-ortho nitro benzene ring substituents is 1. The Hall–Kier alpha value is -2.70. The van der Waals surface area contributed by atoms with Crippen LogP contribution in [-0.4, -0.2) is 41.4 Å². The predicted octanol–water partition coefficient (Wildman–Crippen LogP) is 2.56. The lowest BCUT2D eigenvalue weighted by molar-refractivity contribution is -0.384. The van der Waals surface area contributed by atoms with Gasteiger partial charge >= 0.3 is 0 Å². The fraction of sp³-hybridized carbons (Fsp3) is 0.222. The summed E-state index contributed by atoms with van der Waals surface area (Å²) in [5.41, 5.74) is 2.88. The fourth-order valence-corrected chi connectivity index (χ4v) is 2.31. The van der Waals surface area contributed by atoms with Gasteiger partial charge in [-0.15, -0.1) is 0 Å². The van der Waals surface area contributed by atoms with E-state index in [0.717, 1.165) is 16.8 Å². The van der Waals surface area contributed by atoms with E-state index in [4.69, 9.17) is 10.2 Å². The number of anilines is 1. The first-order chi connectivity index (χ1) is 11.6. The molecule has 0 saturated heterocycles. The van der Waals surface area contributed by atoms with Crippen LogP contribution in [0, 0.1) is 10.1 Å². The topological polar surface area (TPSA) is 86.8 Å². The summed E-state index contributed by atoms with van der Waals surface area (Å²) in [5.74, 6) is 0. The van der Waals surface area contributed by atoms with Crippen molar-refractivity contribution in [3.63, 3.8) is 0 Å². The minimum Gasteiger partial charge on any atom is -0.395 e. The summed E-state index contributed by atoms with van der Waals surface area (Å²) in [6, 6.07) is 14.1. The highest BCUT2D eigenvalue weighted by molar-refractivity contribution is 5.71. The van der Waals surface area contributed by atoms with Gasteiger partial charge < -0.3 is 15.1 Å². The Morgan fingerprint density at radius 3 is 1.75 bits per heavy atom. The van der Waals surface area contributed by atoms with Crippen LogP contribution >= 0.6 is 0 Å². The van der Waals surface area contributed by atoms with Gasteiger partial charge in [0.15, 0.2) is 0 Å². The maximum atomic E-state index is 10.6. The van der Waals surface area contributed by atoms with Crippen molar-refractivity contribution in [1.29, 1.82) is 0 Å². The number of hydrogen-bond acceptors (Lipinski definition) is 5. The molecule has 0 unspecified atom stereocenters. The lowest BCUT2D eigenvalue weighted by Crippen LogP contribution is -2.29. The fourth-order valence-electron chi connectivity index (χ4n) is 2.31. The van der Waals surface area contributed by atoms with Crippen LogP contribution in [-0.2, 0) is 0 Å². The van der Waals surface area contributed by atoms with Crippen LogP contribution < -0.4 is 4.90 Å². The molecular weight excluding hydrogens is 308 g/mol. The molecule has 6 heteroatoms. The molecule has 2 N–H and O–H groups in total. The van der Waals surface area contributed by atoms with Gasteiger partial charge in [-0.05, 0) is 35.4 Å². The minimum atomic E-state index is -0.420. The number of aliphatic hydroxyl groups excluding tert-OH is 2. The molecule has 0 heterocycles. The predicted molar refractivity (Wildman–Crippen MR) is 94.9 cm³/mol. The van der Waals surface area contributed by atoms with E-state index in [1.165, 1.54) is 12.1 Å². The number of rotatable bonds is 8. The van der Waals surface area contributed by atoms with Gasteiger partial charge in [0.1, 0.15) is 0 Å². The standard InChI is InChI=1S/C18H20N2O4/c21-13-11-19(12-14-22)17-7-3-15(4-8-17)1-2-16-5-9-18(10-6-16)20(23)24/h1-10,21-22H,11-14H2/b2-1+. The van der Waals surface area contributed by atoms with E-state index >= 15 is 0 Å². The normalized spacial score (nSPS) is 10.9. The monoisotopic (exact) mass is 328 g/mol. The van der Waals surface area contributed by atoms with Crippen LogP contribution in [0.2, 0.25) is 0 Å². The van der Waals surface area contributed by atoms with Crippen molar-refractivity contribution < 1.29 is 15.1 Å². The van der Waals surface area contributed by atoms with Crippen LogP contribution in [0.4, 0.5) is 11.4 Å². The molecule has 0 amide bonds. The highest BCUT2D eigenvalue weighted by atomic mass is 16.6. The summed E-state index contributed by atoms with van der Waals surface area (Å²) in [6.45, 7) is 1.00. The van der Waals surface area contributed by atoms with Crippen LogP contribution in [0.5, 0.6) is 0 Å². The van der Waals surface area contributed by atoms with Crippen molar-refractivity contribution in [3.05, 3.63) is 69.8 Å². The van der Waals surface area contributed by atoms with Crippen LogP contribution in [0.25, 0.3) is 12.2 Å². The first kappa shape index (κ1) is 17.7. The number of nitro benzene ring substituents is 1. The zero-order valence-corrected chi connectivity index (χ0v) is 13.2. The molecule has 0 spiro atoms. The average molecular weight is 328 g/mol. The summed E-state index contributed by atoms with van der Waals surface area (Å²) >= 11 is 0. The molecule has 0 aliphatic rings. The van der Waals surface area contributed by atoms with Crippen molar-refractivity contribution in [2.45, 2.75) is 0 Å². The maximum absolute atomic E-state index is 10.6. The quantitative estimate of drug-likeness (QED) is 0.442. The van der Waals surface area contributed by atoms with Gasteiger partial charge in [0.2, 0.25) is 0 Å². The smallest absolute Gasteiger partial charge is 0.269 e. The second kappa shape index (κ2) is 8.81. The largest absolute Gasteiger partial charge is 0.395 e. The van der Waals surface area contributed by atoms with Gasteiger partial charge in [-0.1, -0.05) is 24.3 Å². The first-order valence-electron chi connectivity index (χ1n) is 7.63. The van der Waals surface area contributed by atoms with E-state index in [9.17, 15) is 10.1 Å². The van der Waals surface area contributed by atoms with E-state index in [1.54, 1.807) is 12.1 Å². The molecule has 0 atom stereocenters. The van der Waals surface area contributed by atoms with E-state index in [0.29, 0.717) is 13.1 Å². The Morgan fingerprint density at radius 2 is 1.33 bits per heavy atom. The van der Waals surface area contributed by atoms with E-state index in [-0.39, 0.29) is 18.9 Å². The van der Waals surface area contributed by atoms with Gasteiger partial charge in [0, 0.05) is 30.9 Å². The zero-order valence-electron chi connectivity index (χ0n) is 13.2. The zero-order chi connectivity index (χ0) is 17.4. The van der Waals surface area contributed by atoms with E-state index in [2.05, 4.69) is 0 Å². The Kier molecular flexibility index (Phi) is 6.48. The van der Waals surface area contributed by atoms with Crippen molar-refractivity contribution >= 4 is 23.5 Å². The van der Waals surface area contributed by atoms with Gasteiger partial charge in [-0.2, -0.15) is 0 Å². The van der Waals surface area contributed by atoms with E-state index < -0.39 is 4.92 Å². The van der Waals surface area contributed by atoms with Crippen molar-refractivity contribution in [3.8, 4) is 0 Å². The van der Waals surface area contributed by atoms with Crippen molar-refractivity contribution in [1.82, 2.24) is 0 Å². The second-order valence-electron chi connectivity index (χ2n) is 5.21. The van der Waals surface area contributed by atoms with Crippen LogP contribution in [0.1, 0.15) is 11.1 Å². The van der Waals surface area contributed by atoms with Crippen molar-refractivity contribution in [2.75, 3.05) is 31.2 Å². The number of hydrogen-bond donors (Lipinski definition) is 2. The van der Waals surface area contributed by atoms with Gasteiger partial charge in [0.25, 0.3) is 5.69 Å². The second-order valence-corrected chi connectivity index (χ2v) is 5.21. The lowest BCUT2D eigenvalue weighted by atomic mass is 10.1. The molecule has 0 aliphatic carbocycles. The van der Waals surface area contributed by atoms with Gasteiger partial charge in [0.05, 0.1) is 18.1 Å². The molecular formula is C18H20N2O4. The maximum Gasteiger partial charge on any atom is 0.269 e. The molecule has 0 aliphatic heterocycles. The summed E-state index contributed by atoms with van der Waals surface area (Å²) in [5, 5.41) is 28.8. The molecule has 6 nitrogen and oxygen atoms in total. The van der Waals surface area contributed by atoms with Crippen LogP contribution in [0.3, 0.4) is 0 Å². The molecule has 126 valence electrons. The molecule has 0 saturated carbocycles. The summed E-state index contributed by atoms with van der Waals surface area (Å²) in [4.78, 5) is 12.1. The number of benzene rings is 2. The molecule has 0 fully saturated rings. The third-order valence-corrected chi connectivity index (χ3v) is 3.57. The summed E-state index contributed by atoms with van der Waals surface area (Å²) in [7, 11) is 0. The first-order valence-corrected chi connectivity index (χ1v) is 7.63. The Morgan fingerprint density at radius 1 is 0.875 bits per heavy atom. The molecule has 0 radical (unpaired) electrons. The number of aliphatic hydroxyl groups is 2. The van der Waals surface area contributed by atoms with Gasteiger partial charge in [-0.25, -0.2) is 0 Å². The molecule has 2 aromatic rings. The lowest BCUT2D eigenvalue weighted by Gasteiger charge is -2.22. The number of nitrogens with zero attached hydrogens (tertiary/aromatic N) is 2. The summed E-state index contributed by atoms with van der Waals surface area (Å²) < 4.78 is 0. The molecule has 2 rings (SSSR count). The molecule has 0 aromatic heterocycles. The minimum absolute atomic E-state index is 0.0296. The SMILES string of the molecule is O=[N+]([O-])c1ccc(/C=C/c2ccc(N(CCO)CCO)cc2)cc1. The molecule has 24 heavy (non-hydrogen) atoms. The Bertz CT molecular complexity index is 675. The number of nitro groups is 1. The summed E-state index contributed by atoms with van der Waals surface area (Å²) in [6.07, 6.45) is 3.81.